The van der Waals surface area contributed by atoms with E-state index in [2.05, 4.69) is 5.10 Å². The summed E-state index contributed by atoms with van der Waals surface area (Å²) >= 11 is 0. The highest BCUT2D eigenvalue weighted by Gasteiger charge is 2.30. The lowest BCUT2D eigenvalue weighted by Gasteiger charge is -2.11. The van der Waals surface area contributed by atoms with Crippen LogP contribution in [0.2, 0.25) is 0 Å². The summed E-state index contributed by atoms with van der Waals surface area (Å²) < 4.78 is 39.8. The van der Waals surface area contributed by atoms with Crippen molar-refractivity contribution in [3.8, 4) is 11.3 Å². The molecule has 0 fully saturated rings. The second kappa shape index (κ2) is 6.78. The minimum atomic E-state index is -4.42. The monoisotopic (exact) mass is 358 g/mol. The smallest absolute Gasteiger partial charge is 0.268 e. The minimum absolute atomic E-state index is 0.0263. The van der Waals surface area contributed by atoms with Crippen LogP contribution >= 0.6 is 0 Å². The molecular formula is C20H17F3N2O. The first-order valence-corrected chi connectivity index (χ1v) is 8.06. The second-order valence-corrected chi connectivity index (χ2v) is 6.23. The van der Waals surface area contributed by atoms with Gasteiger partial charge >= 0.3 is 6.18 Å². The van der Waals surface area contributed by atoms with Gasteiger partial charge in [0.05, 0.1) is 17.8 Å². The van der Waals surface area contributed by atoms with Crippen molar-refractivity contribution in [2.45, 2.75) is 26.6 Å². The quantitative estimate of drug-likeness (QED) is 0.686. The highest BCUT2D eigenvalue weighted by Crippen LogP contribution is 2.29. The van der Waals surface area contributed by atoms with Crippen molar-refractivity contribution in [2.24, 2.45) is 0 Å². The van der Waals surface area contributed by atoms with Crippen molar-refractivity contribution in [3.63, 3.8) is 0 Å². The normalized spacial score (nSPS) is 11.6. The average Bonchev–Trinajstić information content (AvgIpc) is 2.59. The molecular weight excluding hydrogens is 341 g/mol. The zero-order valence-electron chi connectivity index (χ0n) is 14.3. The maximum absolute atomic E-state index is 12.9. The molecule has 0 aliphatic heterocycles. The van der Waals surface area contributed by atoms with Crippen LogP contribution in [0.15, 0.2) is 59.4 Å². The van der Waals surface area contributed by atoms with Gasteiger partial charge in [0, 0.05) is 11.6 Å². The van der Waals surface area contributed by atoms with Crippen molar-refractivity contribution in [1.29, 1.82) is 0 Å². The largest absolute Gasteiger partial charge is 0.416 e. The molecule has 3 rings (SSSR count). The van der Waals surface area contributed by atoms with Crippen LogP contribution in [-0.4, -0.2) is 9.78 Å². The highest BCUT2D eigenvalue weighted by molar-refractivity contribution is 5.63. The van der Waals surface area contributed by atoms with E-state index in [1.54, 1.807) is 12.1 Å². The van der Waals surface area contributed by atoms with Crippen LogP contribution in [0.1, 0.15) is 22.3 Å². The van der Waals surface area contributed by atoms with Gasteiger partial charge in [0.1, 0.15) is 0 Å². The maximum atomic E-state index is 12.9. The Bertz CT molecular complexity index is 1010. The molecule has 3 nitrogen and oxygen atoms in total. The fourth-order valence-corrected chi connectivity index (χ4v) is 2.74. The van der Waals surface area contributed by atoms with Gasteiger partial charge < -0.3 is 0 Å². The van der Waals surface area contributed by atoms with Crippen molar-refractivity contribution in [2.75, 3.05) is 0 Å². The molecule has 1 heterocycles. The Morgan fingerprint density at radius 1 is 1.00 bits per heavy atom. The first-order valence-electron chi connectivity index (χ1n) is 8.06. The summed E-state index contributed by atoms with van der Waals surface area (Å²) in [5.74, 6) is 0. The molecule has 3 aromatic rings. The third-order valence-electron chi connectivity index (χ3n) is 4.12. The predicted molar refractivity (Wildman–Crippen MR) is 94.0 cm³/mol. The van der Waals surface area contributed by atoms with Gasteiger partial charge in [0.15, 0.2) is 0 Å². The maximum Gasteiger partial charge on any atom is 0.416 e. The molecule has 0 bridgehead atoms. The number of halogens is 3. The lowest BCUT2D eigenvalue weighted by molar-refractivity contribution is -0.137. The summed E-state index contributed by atoms with van der Waals surface area (Å²) in [5, 5.41) is 4.35. The fraction of sp³-hybridized carbons (Fsp3) is 0.200. The number of aryl methyl sites for hydroxylation is 2. The van der Waals surface area contributed by atoms with E-state index >= 15 is 0 Å². The molecule has 0 aliphatic carbocycles. The lowest BCUT2D eigenvalue weighted by Crippen LogP contribution is -2.23. The van der Waals surface area contributed by atoms with Crippen LogP contribution in [0.25, 0.3) is 11.3 Å². The van der Waals surface area contributed by atoms with E-state index in [0.29, 0.717) is 11.3 Å². The lowest BCUT2D eigenvalue weighted by atomic mass is 10.0. The molecule has 26 heavy (non-hydrogen) atoms. The van der Waals surface area contributed by atoms with Gasteiger partial charge in [0.25, 0.3) is 5.56 Å². The van der Waals surface area contributed by atoms with Crippen LogP contribution in [-0.2, 0) is 12.7 Å². The number of hydrogen-bond acceptors (Lipinski definition) is 2. The first kappa shape index (κ1) is 17.9. The number of aromatic nitrogens is 2. The van der Waals surface area contributed by atoms with E-state index in [1.165, 1.54) is 16.8 Å². The topological polar surface area (TPSA) is 34.9 Å². The third-order valence-corrected chi connectivity index (χ3v) is 4.12. The molecule has 0 spiro atoms. The Balaban J connectivity index is 1.99. The van der Waals surface area contributed by atoms with Crippen molar-refractivity contribution < 1.29 is 13.2 Å². The van der Waals surface area contributed by atoms with Gasteiger partial charge in [-0.15, -0.1) is 0 Å². The van der Waals surface area contributed by atoms with Crippen LogP contribution in [0.4, 0.5) is 13.2 Å². The Labute approximate surface area is 148 Å². The van der Waals surface area contributed by atoms with Gasteiger partial charge in [-0.1, -0.05) is 29.8 Å². The van der Waals surface area contributed by atoms with Gasteiger partial charge in [-0.3, -0.25) is 4.79 Å². The van der Waals surface area contributed by atoms with Gasteiger partial charge in [-0.2, -0.15) is 18.3 Å². The summed E-state index contributed by atoms with van der Waals surface area (Å²) in [6, 6.07) is 13.9. The second-order valence-electron chi connectivity index (χ2n) is 6.23. The molecule has 1 aromatic heterocycles. The van der Waals surface area contributed by atoms with Crippen LogP contribution < -0.4 is 5.56 Å². The van der Waals surface area contributed by atoms with E-state index in [-0.39, 0.29) is 12.1 Å². The van der Waals surface area contributed by atoms with E-state index < -0.39 is 11.7 Å². The Morgan fingerprint density at radius 2 is 1.77 bits per heavy atom. The molecule has 2 aromatic carbocycles. The van der Waals surface area contributed by atoms with Gasteiger partial charge in [0.2, 0.25) is 0 Å². The van der Waals surface area contributed by atoms with E-state index in [9.17, 15) is 18.0 Å². The third kappa shape index (κ3) is 3.85. The molecule has 134 valence electrons. The summed E-state index contributed by atoms with van der Waals surface area (Å²) in [4.78, 5) is 12.1. The van der Waals surface area contributed by atoms with E-state index in [4.69, 9.17) is 0 Å². The number of nitrogens with zero attached hydrogens (tertiary/aromatic N) is 2. The highest BCUT2D eigenvalue weighted by atomic mass is 19.4. The number of hydrogen-bond donors (Lipinski definition) is 0. The summed E-state index contributed by atoms with van der Waals surface area (Å²) in [6.07, 6.45) is -4.42. The Morgan fingerprint density at radius 3 is 2.50 bits per heavy atom. The molecule has 0 saturated carbocycles. The van der Waals surface area contributed by atoms with Gasteiger partial charge in [-0.25, -0.2) is 4.68 Å². The molecule has 0 amide bonds. The molecule has 0 radical (unpaired) electrons. The average molecular weight is 358 g/mol. The SMILES string of the molecule is Cc1ccc(C)c(-c2ccc(=O)n(Cc3cccc(C(F)(F)F)c3)n2)c1. The van der Waals surface area contributed by atoms with E-state index in [1.807, 2.05) is 32.0 Å². The van der Waals surface area contributed by atoms with Crippen LogP contribution in [0, 0.1) is 13.8 Å². The summed E-state index contributed by atoms with van der Waals surface area (Å²) in [5.41, 5.74) is 2.83. The van der Waals surface area contributed by atoms with Gasteiger partial charge in [-0.05, 0) is 49.2 Å². The number of benzene rings is 2. The predicted octanol–water partition coefficient (Wildman–Crippen LogP) is 4.59. The Kier molecular flexibility index (Phi) is 4.68. The van der Waals surface area contributed by atoms with Crippen LogP contribution in [0.3, 0.4) is 0 Å². The number of alkyl halides is 3. The molecule has 0 aliphatic rings. The summed E-state index contributed by atoms with van der Waals surface area (Å²) in [7, 11) is 0. The number of rotatable bonds is 3. The fourth-order valence-electron chi connectivity index (χ4n) is 2.74. The van der Waals surface area contributed by atoms with Crippen molar-refractivity contribution >= 4 is 0 Å². The first-order chi connectivity index (χ1) is 12.2. The summed E-state index contributed by atoms with van der Waals surface area (Å²) in [6.45, 7) is 3.88. The standard InChI is InChI=1S/C20H17F3N2O/c1-13-6-7-14(2)17(10-13)18-8-9-19(26)25(24-18)12-15-4-3-5-16(11-15)20(21,22)23/h3-11H,12H2,1-2H3. The molecule has 0 N–H and O–H groups in total. The van der Waals surface area contributed by atoms with Crippen molar-refractivity contribution in [3.05, 3.63) is 87.2 Å². The molecule has 6 heteroatoms. The van der Waals surface area contributed by atoms with Crippen molar-refractivity contribution in [1.82, 2.24) is 9.78 Å². The minimum Gasteiger partial charge on any atom is -0.268 e. The Hall–Kier alpha value is -2.89. The molecule has 0 atom stereocenters. The zero-order chi connectivity index (χ0) is 18.9. The zero-order valence-corrected chi connectivity index (χ0v) is 14.3. The van der Waals surface area contributed by atoms with Crippen LogP contribution in [0.5, 0.6) is 0 Å². The molecule has 0 saturated heterocycles. The van der Waals surface area contributed by atoms with E-state index in [0.717, 1.165) is 28.8 Å². The molecule has 0 unspecified atom stereocenters.